The van der Waals surface area contributed by atoms with Crippen LogP contribution in [0.15, 0.2) is 17.2 Å². The largest absolute Gasteiger partial charge is 0.384 e. The quantitative estimate of drug-likeness (QED) is 0.253. The van der Waals surface area contributed by atoms with Gasteiger partial charge in [-0.05, 0) is 0 Å². The first-order valence-electron chi connectivity index (χ1n) is 4.42. The first-order valence-corrected chi connectivity index (χ1v) is 5.40. The molecule has 3 N–H and O–H groups in total. The number of methoxy groups -OCH3 is 1. The third kappa shape index (κ3) is 3.65. The lowest BCUT2D eigenvalue weighted by atomic mass is 10.4. The molecule has 0 unspecified atom stereocenters. The standard InChI is InChI=1S/C8H12N4O3S/c1-15-2-3-16-8-5-6(12(13)14)4-7(10-8)11-9/h4-5H,2-3,9H2,1H3,(H,10,11). The van der Waals surface area contributed by atoms with Gasteiger partial charge in [-0.25, -0.2) is 10.8 Å². The lowest BCUT2D eigenvalue weighted by molar-refractivity contribution is -0.385. The second kappa shape index (κ2) is 6.26. The number of nitrogen functional groups attached to an aromatic ring is 1. The second-order valence-corrected chi connectivity index (χ2v) is 3.91. The van der Waals surface area contributed by atoms with Crippen molar-refractivity contribution >= 4 is 23.3 Å². The number of ether oxygens (including phenoxy) is 1. The number of hydrogen-bond acceptors (Lipinski definition) is 7. The van der Waals surface area contributed by atoms with Crippen LogP contribution in [0.25, 0.3) is 0 Å². The van der Waals surface area contributed by atoms with Gasteiger partial charge in [0.25, 0.3) is 5.69 Å². The van der Waals surface area contributed by atoms with Gasteiger partial charge < -0.3 is 10.2 Å². The van der Waals surface area contributed by atoms with Crippen molar-refractivity contribution in [3.8, 4) is 0 Å². The van der Waals surface area contributed by atoms with Crippen LogP contribution in [-0.4, -0.2) is 29.4 Å². The molecule has 0 aromatic carbocycles. The van der Waals surface area contributed by atoms with Crippen LogP contribution in [0.4, 0.5) is 11.5 Å². The number of nitrogens with two attached hydrogens (primary N) is 1. The highest BCUT2D eigenvalue weighted by atomic mass is 32.2. The van der Waals surface area contributed by atoms with Crippen LogP contribution in [0.2, 0.25) is 0 Å². The minimum atomic E-state index is -0.483. The van der Waals surface area contributed by atoms with Crippen molar-refractivity contribution < 1.29 is 9.66 Å². The smallest absolute Gasteiger partial charge is 0.275 e. The van der Waals surface area contributed by atoms with Crippen LogP contribution >= 0.6 is 11.8 Å². The van der Waals surface area contributed by atoms with Gasteiger partial charge in [-0.15, -0.1) is 11.8 Å². The first kappa shape index (κ1) is 12.7. The van der Waals surface area contributed by atoms with E-state index >= 15 is 0 Å². The summed E-state index contributed by atoms with van der Waals surface area (Å²) in [5.41, 5.74) is 2.25. The van der Waals surface area contributed by atoms with Gasteiger partial charge in [-0.2, -0.15) is 0 Å². The molecule has 1 aromatic heterocycles. The van der Waals surface area contributed by atoms with Crippen molar-refractivity contribution in [1.29, 1.82) is 0 Å². The van der Waals surface area contributed by atoms with Gasteiger partial charge in [0.1, 0.15) is 10.8 Å². The van der Waals surface area contributed by atoms with E-state index in [4.69, 9.17) is 10.6 Å². The van der Waals surface area contributed by atoms with Crippen molar-refractivity contribution in [3.05, 3.63) is 22.2 Å². The second-order valence-electron chi connectivity index (χ2n) is 2.79. The van der Waals surface area contributed by atoms with Crippen molar-refractivity contribution in [3.63, 3.8) is 0 Å². The molecule has 0 saturated carbocycles. The molecule has 0 aliphatic rings. The molecule has 0 amide bonds. The van der Waals surface area contributed by atoms with Crippen LogP contribution in [0, 0.1) is 10.1 Å². The highest BCUT2D eigenvalue weighted by Gasteiger charge is 2.10. The van der Waals surface area contributed by atoms with Gasteiger partial charge in [0.05, 0.1) is 17.6 Å². The number of hydrazine groups is 1. The van der Waals surface area contributed by atoms with Crippen LogP contribution in [-0.2, 0) is 4.74 Å². The van der Waals surface area contributed by atoms with E-state index in [9.17, 15) is 10.1 Å². The summed E-state index contributed by atoms with van der Waals surface area (Å²) >= 11 is 1.37. The molecule has 0 atom stereocenters. The zero-order valence-electron chi connectivity index (χ0n) is 8.67. The zero-order valence-corrected chi connectivity index (χ0v) is 9.49. The van der Waals surface area contributed by atoms with E-state index in [0.717, 1.165) is 0 Å². The van der Waals surface area contributed by atoms with Gasteiger partial charge in [-0.1, -0.05) is 0 Å². The Labute approximate surface area is 96.5 Å². The molecule has 1 rings (SSSR count). The Kier molecular flexibility index (Phi) is 4.96. The number of nitro groups is 1. The van der Waals surface area contributed by atoms with Gasteiger partial charge in [0, 0.05) is 18.9 Å². The van der Waals surface area contributed by atoms with Crippen molar-refractivity contribution in [2.24, 2.45) is 5.84 Å². The maximum absolute atomic E-state index is 10.6. The molecule has 0 spiro atoms. The molecule has 1 aromatic rings. The fourth-order valence-corrected chi connectivity index (χ4v) is 1.80. The Morgan fingerprint density at radius 2 is 2.44 bits per heavy atom. The van der Waals surface area contributed by atoms with E-state index in [1.807, 2.05) is 0 Å². The van der Waals surface area contributed by atoms with Crippen LogP contribution in [0.3, 0.4) is 0 Å². The Morgan fingerprint density at radius 1 is 1.69 bits per heavy atom. The molecule has 7 nitrogen and oxygen atoms in total. The van der Waals surface area contributed by atoms with Gasteiger partial charge in [0.15, 0.2) is 0 Å². The van der Waals surface area contributed by atoms with Crippen molar-refractivity contribution in [2.45, 2.75) is 5.03 Å². The lowest BCUT2D eigenvalue weighted by Gasteiger charge is -2.03. The Bertz CT molecular complexity index is 374. The summed E-state index contributed by atoms with van der Waals surface area (Å²) in [6, 6.07) is 2.68. The predicted octanol–water partition coefficient (Wildman–Crippen LogP) is 1.01. The van der Waals surface area contributed by atoms with Crippen LogP contribution in [0.1, 0.15) is 0 Å². The number of rotatable bonds is 6. The molecule has 0 fully saturated rings. The number of anilines is 1. The Morgan fingerprint density at radius 3 is 3.00 bits per heavy atom. The fourth-order valence-electron chi connectivity index (χ4n) is 0.974. The molecule has 0 aliphatic carbocycles. The summed E-state index contributed by atoms with van der Waals surface area (Å²) in [5.74, 6) is 6.12. The highest BCUT2D eigenvalue weighted by Crippen LogP contribution is 2.23. The summed E-state index contributed by atoms with van der Waals surface area (Å²) < 4.78 is 4.88. The summed E-state index contributed by atoms with van der Waals surface area (Å²) in [5, 5.41) is 11.2. The van der Waals surface area contributed by atoms with Gasteiger partial charge in [-0.3, -0.25) is 10.1 Å². The third-order valence-corrected chi connectivity index (χ3v) is 2.56. The summed E-state index contributed by atoms with van der Waals surface area (Å²) in [6.07, 6.45) is 0. The van der Waals surface area contributed by atoms with Crippen molar-refractivity contribution in [2.75, 3.05) is 24.9 Å². The number of thioether (sulfide) groups is 1. The highest BCUT2D eigenvalue weighted by molar-refractivity contribution is 7.99. The topological polar surface area (TPSA) is 103 Å². The molecule has 0 bridgehead atoms. The Hall–Kier alpha value is -1.38. The monoisotopic (exact) mass is 244 g/mol. The fraction of sp³-hybridized carbons (Fsp3) is 0.375. The first-order chi connectivity index (χ1) is 7.67. The average Bonchev–Trinajstić information content (AvgIpc) is 2.29. The Balaban J connectivity index is 2.82. The van der Waals surface area contributed by atoms with Crippen molar-refractivity contribution in [1.82, 2.24) is 4.98 Å². The van der Waals surface area contributed by atoms with E-state index < -0.39 is 4.92 Å². The minimum Gasteiger partial charge on any atom is -0.384 e. The lowest BCUT2D eigenvalue weighted by Crippen LogP contribution is -2.09. The molecule has 88 valence electrons. The normalized spacial score (nSPS) is 10.1. The maximum Gasteiger partial charge on any atom is 0.275 e. The minimum absolute atomic E-state index is 0.0390. The van der Waals surface area contributed by atoms with E-state index in [0.29, 0.717) is 17.4 Å². The predicted molar refractivity (Wildman–Crippen MR) is 61.3 cm³/mol. The molecular weight excluding hydrogens is 232 g/mol. The van der Waals surface area contributed by atoms with Crippen LogP contribution in [0.5, 0.6) is 0 Å². The summed E-state index contributed by atoms with van der Waals surface area (Å²) in [7, 11) is 1.59. The molecule has 0 saturated heterocycles. The molecule has 0 radical (unpaired) electrons. The van der Waals surface area contributed by atoms with Gasteiger partial charge in [0.2, 0.25) is 0 Å². The molecule has 16 heavy (non-hydrogen) atoms. The van der Waals surface area contributed by atoms with E-state index in [1.54, 1.807) is 7.11 Å². The van der Waals surface area contributed by atoms with Gasteiger partial charge >= 0.3 is 0 Å². The average molecular weight is 244 g/mol. The molecule has 8 heteroatoms. The van der Waals surface area contributed by atoms with Crippen LogP contribution < -0.4 is 11.3 Å². The summed E-state index contributed by atoms with van der Waals surface area (Å²) in [6.45, 7) is 0.556. The maximum atomic E-state index is 10.6. The molecule has 0 aliphatic heterocycles. The molecule has 1 heterocycles. The van der Waals surface area contributed by atoms with E-state index in [-0.39, 0.29) is 11.5 Å². The third-order valence-electron chi connectivity index (χ3n) is 1.68. The number of aromatic nitrogens is 1. The zero-order chi connectivity index (χ0) is 12.0. The van der Waals surface area contributed by atoms with E-state index in [2.05, 4.69) is 10.4 Å². The number of hydrogen-bond donors (Lipinski definition) is 2. The SMILES string of the molecule is COCCSc1cc([N+](=O)[O-])cc(NN)n1. The number of nitrogens with one attached hydrogen (secondary N) is 1. The van der Waals surface area contributed by atoms with E-state index in [1.165, 1.54) is 23.9 Å². The number of nitrogens with zero attached hydrogens (tertiary/aromatic N) is 2. The summed E-state index contributed by atoms with van der Waals surface area (Å²) in [4.78, 5) is 14.2. The molecular formula is C8H12N4O3S. The number of pyridine rings is 1.